The van der Waals surface area contributed by atoms with Crippen LogP contribution in [0.2, 0.25) is 0 Å². The maximum absolute atomic E-state index is 12.0. The van der Waals surface area contributed by atoms with Crippen LogP contribution in [0.3, 0.4) is 0 Å². The molecule has 112 valence electrons. The van der Waals surface area contributed by atoms with Crippen molar-refractivity contribution in [3.8, 4) is 0 Å². The van der Waals surface area contributed by atoms with Crippen LogP contribution < -0.4 is 11.1 Å². The fraction of sp³-hybridized carbons (Fsp3) is 0.933. The standard InChI is InChI=1S/C15H28N2O.ClH/c1-2-3-4-14(10-16)17-15(18)9-13-8-11-5-6-12(13)7-11;/h11-14H,2-10,16H2,1H3,(H,17,18);1H. The Labute approximate surface area is 123 Å². The number of carbonyl (C=O) groups excluding carboxylic acids is 1. The zero-order valence-electron chi connectivity index (χ0n) is 12.1. The minimum absolute atomic E-state index is 0. The summed E-state index contributed by atoms with van der Waals surface area (Å²) in [6.07, 6.45) is 9.52. The van der Waals surface area contributed by atoms with Crippen LogP contribution in [0.15, 0.2) is 0 Å². The van der Waals surface area contributed by atoms with Gasteiger partial charge in [-0.1, -0.05) is 26.2 Å². The number of hydrogen-bond donors (Lipinski definition) is 2. The summed E-state index contributed by atoms with van der Waals surface area (Å²) >= 11 is 0. The molecule has 0 heterocycles. The monoisotopic (exact) mass is 288 g/mol. The minimum atomic E-state index is 0. The lowest BCUT2D eigenvalue weighted by Crippen LogP contribution is -2.41. The number of nitrogens with one attached hydrogen (secondary N) is 1. The lowest BCUT2D eigenvalue weighted by molar-refractivity contribution is -0.123. The summed E-state index contributed by atoms with van der Waals surface area (Å²) in [4.78, 5) is 12.0. The summed E-state index contributed by atoms with van der Waals surface area (Å²) in [5.74, 6) is 2.67. The molecule has 4 atom stereocenters. The second-order valence-corrected chi connectivity index (χ2v) is 6.28. The first-order valence-electron chi connectivity index (χ1n) is 7.72. The van der Waals surface area contributed by atoms with Crippen molar-refractivity contribution >= 4 is 18.3 Å². The summed E-state index contributed by atoms with van der Waals surface area (Å²) < 4.78 is 0. The molecule has 0 aromatic carbocycles. The van der Waals surface area contributed by atoms with Crippen molar-refractivity contribution in [3.05, 3.63) is 0 Å². The van der Waals surface area contributed by atoms with Crippen molar-refractivity contribution in [1.82, 2.24) is 5.32 Å². The van der Waals surface area contributed by atoms with Gasteiger partial charge in [0, 0.05) is 19.0 Å². The van der Waals surface area contributed by atoms with Crippen LogP contribution in [0.4, 0.5) is 0 Å². The fourth-order valence-corrected chi connectivity index (χ4v) is 3.85. The molecule has 0 aliphatic heterocycles. The van der Waals surface area contributed by atoms with Crippen LogP contribution in [0.5, 0.6) is 0 Å². The largest absolute Gasteiger partial charge is 0.352 e. The van der Waals surface area contributed by atoms with Gasteiger partial charge in [-0.05, 0) is 43.4 Å². The number of hydrogen-bond acceptors (Lipinski definition) is 2. The van der Waals surface area contributed by atoms with Gasteiger partial charge in [0.15, 0.2) is 0 Å². The van der Waals surface area contributed by atoms with E-state index < -0.39 is 0 Å². The normalized spacial score (nSPS) is 29.9. The molecule has 0 aromatic rings. The molecule has 4 heteroatoms. The molecule has 2 saturated carbocycles. The predicted octanol–water partition coefficient (Wildman–Crippen LogP) is 2.87. The number of halogens is 1. The second kappa shape index (κ2) is 8.11. The molecule has 4 unspecified atom stereocenters. The van der Waals surface area contributed by atoms with E-state index in [0.29, 0.717) is 12.5 Å². The summed E-state index contributed by atoms with van der Waals surface area (Å²) in [5, 5.41) is 3.12. The first kappa shape index (κ1) is 16.8. The molecule has 2 bridgehead atoms. The van der Waals surface area contributed by atoms with E-state index in [4.69, 9.17) is 5.73 Å². The summed E-state index contributed by atoms with van der Waals surface area (Å²) in [5.41, 5.74) is 5.72. The zero-order chi connectivity index (χ0) is 13.0. The number of amides is 1. The molecule has 2 aliphatic rings. The zero-order valence-corrected chi connectivity index (χ0v) is 12.9. The highest BCUT2D eigenvalue weighted by Gasteiger charge is 2.40. The lowest BCUT2D eigenvalue weighted by atomic mass is 9.86. The third-order valence-corrected chi connectivity index (χ3v) is 4.89. The van der Waals surface area contributed by atoms with Gasteiger partial charge in [-0.3, -0.25) is 4.79 Å². The first-order valence-corrected chi connectivity index (χ1v) is 7.72. The average Bonchev–Trinajstić information content (AvgIpc) is 2.96. The molecule has 2 rings (SSSR count). The van der Waals surface area contributed by atoms with E-state index in [9.17, 15) is 4.79 Å². The van der Waals surface area contributed by atoms with Crippen molar-refractivity contribution in [2.75, 3.05) is 6.54 Å². The van der Waals surface area contributed by atoms with Gasteiger partial charge in [0.25, 0.3) is 0 Å². The van der Waals surface area contributed by atoms with Crippen LogP contribution >= 0.6 is 12.4 Å². The molecule has 0 radical (unpaired) electrons. The Hall–Kier alpha value is -0.280. The second-order valence-electron chi connectivity index (χ2n) is 6.28. The van der Waals surface area contributed by atoms with Crippen LogP contribution in [0.25, 0.3) is 0 Å². The average molecular weight is 289 g/mol. The lowest BCUT2D eigenvalue weighted by Gasteiger charge is -2.23. The number of fused-ring (bicyclic) bond motifs is 2. The Kier molecular flexibility index (Phi) is 7.16. The molecule has 3 nitrogen and oxygen atoms in total. The molecule has 1 amide bonds. The van der Waals surface area contributed by atoms with E-state index in [-0.39, 0.29) is 24.4 Å². The molecule has 0 saturated heterocycles. The summed E-state index contributed by atoms with van der Waals surface area (Å²) in [7, 11) is 0. The van der Waals surface area contributed by atoms with Crippen LogP contribution in [0.1, 0.15) is 58.3 Å². The first-order chi connectivity index (χ1) is 8.72. The smallest absolute Gasteiger partial charge is 0.220 e. The number of carbonyl (C=O) groups is 1. The van der Waals surface area contributed by atoms with E-state index in [0.717, 1.165) is 31.1 Å². The number of rotatable bonds is 7. The molecule has 19 heavy (non-hydrogen) atoms. The van der Waals surface area contributed by atoms with Gasteiger partial charge in [0.05, 0.1) is 0 Å². The highest BCUT2D eigenvalue weighted by Crippen LogP contribution is 2.49. The maximum atomic E-state index is 12.0. The predicted molar refractivity (Wildman–Crippen MR) is 81.3 cm³/mol. The van der Waals surface area contributed by atoms with Crippen molar-refractivity contribution in [2.24, 2.45) is 23.5 Å². The Morgan fingerprint density at radius 1 is 1.37 bits per heavy atom. The number of nitrogens with two attached hydrogens (primary N) is 1. The van der Waals surface area contributed by atoms with Crippen LogP contribution in [-0.2, 0) is 4.79 Å². The molecule has 2 fully saturated rings. The van der Waals surface area contributed by atoms with Crippen LogP contribution in [0, 0.1) is 17.8 Å². The van der Waals surface area contributed by atoms with Crippen molar-refractivity contribution < 1.29 is 4.79 Å². The van der Waals surface area contributed by atoms with Gasteiger partial charge in [-0.2, -0.15) is 0 Å². The number of unbranched alkanes of at least 4 members (excludes halogenated alkanes) is 1. The Morgan fingerprint density at radius 3 is 2.68 bits per heavy atom. The molecular formula is C15H29ClN2O. The molecular weight excluding hydrogens is 260 g/mol. The van der Waals surface area contributed by atoms with Gasteiger partial charge in [0.2, 0.25) is 5.91 Å². The Bertz CT molecular complexity index is 285. The van der Waals surface area contributed by atoms with Crippen molar-refractivity contribution in [3.63, 3.8) is 0 Å². The molecule has 2 aliphatic carbocycles. The van der Waals surface area contributed by atoms with Gasteiger partial charge >= 0.3 is 0 Å². The SMILES string of the molecule is CCCCC(CN)NC(=O)CC1CC2CCC1C2.Cl. The third kappa shape index (κ3) is 4.64. The van der Waals surface area contributed by atoms with Gasteiger partial charge in [-0.15, -0.1) is 12.4 Å². The van der Waals surface area contributed by atoms with E-state index in [1.807, 2.05) is 0 Å². The summed E-state index contributed by atoms with van der Waals surface area (Å²) in [6, 6.07) is 0.191. The highest BCUT2D eigenvalue weighted by molar-refractivity contribution is 5.85. The highest BCUT2D eigenvalue weighted by atomic mass is 35.5. The van der Waals surface area contributed by atoms with E-state index in [1.54, 1.807) is 0 Å². The molecule has 3 N–H and O–H groups in total. The topological polar surface area (TPSA) is 55.1 Å². The Morgan fingerprint density at radius 2 is 2.16 bits per heavy atom. The summed E-state index contributed by atoms with van der Waals surface area (Å²) in [6.45, 7) is 2.74. The quantitative estimate of drug-likeness (QED) is 0.757. The maximum Gasteiger partial charge on any atom is 0.220 e. The van der Waals surface area contributed by atoms with Gasteiger partial charge in [0.1, 0.15) is 0 Å². The van der Waals surface area contributed by atoms with E-state index >= 15 is 0 Å². The van der Waals surface area contributed by atoms with Crippen LogP contribution in [-0.4, -0.2) is 18.5 Å². The molecule has 0 spiro atoms. The molecule has 0 aromatic heterocycles. The van der Waals surface area contributed by atoms with Gasteiger partial charge < -0.3 is 11.1 Å². The minimum Gasteiger partial charge on any atom is -0.352 e. The van der Waals surface area contributed by atoms with Gasteiger partial charge in [-0.25, -0.2) is 0 Å². The van der Waals surface area contributed by atoms with Crippen molar-refractivity contribution in [2.45, 2.75) is 64.3 Å². The van der Waals surface area contributed by atoms with Crippen molar-refractivity contribution in [1.29, 1.82) is 0 Å². The van der Waals surface area contributed by atoms with E-state index in [1.165, 1.54) is 32.1 Å². The van der Waals surface area contributed by atoms with E-state index in [2.05, 4.69) is 12.2 Å². The third-order valence-electron chi connectivity index (χ3n) is 4.89. The fourth-order valence-electron chi connectivity index (χ4n) is 3.85. The Balaban J connectivity index is 0.00000180.